The third kappa shape index (κ3) is 6.05. The van der Waals surface area contributed by atoms with E-state index in [1.54, 1.807) is 19.1 Å². The monoisotopic (exact) mass is 571 g/mol. The number of carbonyl (C=O) groups is 1. The van der Waals surface area contributed by atoms with Gasteiger partial charge < -0.3 is 20.3 Å². The average molecular weight is 573 g/mol. The normalized spacial score (nSPS) is 14.1. The van der Waals surface area contributed by atoms with Crippen LogP contribution in [-0.2, 0) is 11.3 Å². The predicted octanol–water partition coefficient (Wildman–Crippen LogP) is 1.12. The van der Waals surface area contributed by atoms with Gasteiger partial charge >= 0.3 is 0 Å². The van der Waals surface area contributed by atoms with E-state index >= 15 is 0 Å². The van der Waals surface area contributed by atoms with E-state index in [0.29, 0.717) is 55.2 Å². The van der Waals surface area contributed by atoms with Crippen molar-refractivity contribution in [3.05, 3.63) is 33.6 Å². The molecule has 0 unspecified atom stereocenters. The number of nitrogens with two attached hydrogens (primary N) is 1. The first-order valence-corrected chi connectivity index (χ1v) is 11.1. The van der Waals surface area contributed by atoms with Crippen molar-refractivity contribution in [2.24, 2.45) is 5.10 Å². The van der Waals surface area contributed by atoms with Crippen molar-refractivity contribution in [3.8, 4) is 17.3 Å². The van der Waals surface area contributed by atoms with E-state index in [9.17, 15) is 9.90 Å². The molecule has 188 valence electrons. The Hall–Kier alpha value is -3.27. The molecular weight excluding hydrogens is 550 g/mol. The lowest BCUT2D eigenvalue weighted by atomic mass is 10.2. The number of hydrogen-bond acceptors (Lipinski definition) is 12. The zero-order valence-corrected chi connectivity index (χ0v) is 21.0. The van der Waals surface area contributed by atoms with Crippen LogP contribution in [0, 0.1) is 0 Å². The summed E-state index contributed by atoms with van der Waals surface area (Å²) in [7, 11) is 0. The third-order valence-corrected chi connectivity index (χ3v) is 5.46. The van der Waals surface area contributed by atoms with Crippen LogP contribution < -0.4 is 15.9 Å². The summed E-state index contributed by atoms with van der Waals surface area (Å²) in [6.45, 7) is 5.11. The lowest BCUT2D eigenvalue weighted by Crippen LogP contribution is -2.36. The minimum atomic E-state index is -0.588. The molecule has 4 rings (SSSR count). The summed E-state index contributed by atoms with van der Waals surface area (Å²) in [4.78, 5) is 15.2. The number of hydrazone groups is 1. The smallest absolute Gasteiger partial charge is 0.292 e. The maximum Gasteiger partial charge on any atom is 0.292 e. The third-order valence-electron chi connectivity index (χ3n) is 4.86. The van der Waals surface area contributed by atoms with Crippen molar-refractivity contribution >= 4 is 46.3 Å². The fourth-order valence-electron chi connectivity index (χ4n) is 3.26. The number of anilines is 1. The van der Waals surface area contributed by atoms with Crippen LogP contribution in [0.4, 0.5) is 5.82 Å². The molecule has 0 bridgehead atoms. The van der Waals surface area contributed by atoms with Crippen LogP contribution in [0.3, 0.4) is 0 Å². The maximum atomic E-state index is 13.1. The summed E-state index contributed by atoms with van der Waals surface area (Å²) in [5.74, 6) is -0.329. The summed E-state index contributed by atoms with van der Waals surface area (Å²) in [6.07, 6.45) is 1.41. The van der Waals surface area contributed by atoms with Gasteiger partial charge in [-0.1, -0.05) is 5.21 Å². The summed E-state index contributed by atoms with van der Waals surface area (Å²) >= 11 is 3.27. The maximum absolute atomic E-state index is 13.1. The average Bonchev–Trinajstić information content (AvgIpc) is 3.43. The lowest BCUT2D eigenvalue weighted by molar-refractivity contribution is 0.0335. The Balaban J connectivity index is 0.00000342. The number of phenolic OH excluding ortho intramolecular Hbond substituents is 1. The van der Waals surface area contributed by atoms with Gasteiger partial charge in [0.2, 0.25) is 11.6 Å². The molecule has 1 aliphatic rings. The molecule has 35 heavy (non-hydrogen) atoms. The number of carbonyl (C=O) groups excluding carboxylic acids is 1. The standard InChI is InChI=1S/C19H22BrN9O5.ClH/c1-2-33-14-8-11(7-12(20)16(14)30)9-22-24-19(31)15-13(10-28-3-5-32-6-4-28)23-27-29(15)18-17(21)25-34-26-18;/h7-9,30H,2-6,10H2,1H3,(H2,21,25)(H,24,31);1H/b22-9+;. The number of aromatic nitrogens is 5. The highest BCUT2D eigenvalue weighted by atomic mass is 79.9. The first-order chi connectivity index (χ1) is 16.5. The molecule has 0 radical (unpaired) electrons. The number of aromatic hydroxyl groups is 1. The number of morpholine rings is 1. The quantitative estimate of drug-likeness (QED) is 0.260. The van der Waals surface area contributed by atoms with Crippen molar-refractivity contribution < 1.29 is 24.0 Å². The van der Waals surface area contributed by atoms with E-state index in [0.717, 1.165) is 4.68 Å². The number of nitrogens with one attached hydrogen (secondary N) is 1. The molecule has 1 saturated heterocycles. The highest BCUT2D eigenvalue weighted by Crippen LogP contribution is 2.35. The molecule has 3 heterocycles. The van der Waals surface area contributed by atoms with Gasteiger partial charge in [0, 0.05) is 19.6 Å². The number of hydrogen-bond donors (Lipinski definition) is 3. The summed E-state index contributed by atoms with van der Waals surface area (Å²) in [5, 5.41) is 29.5. The van der Waals surface area contributed by atoms with E-state index in [4.69, 9.17) is 15.2 Å². The number of nitrogen functional groups attached to an aromatic ring is 1. The number of benzene rings is 1. The van der Waals surface area contributed by atoms with Crippen molar-refractivity contribution in [2.45, 2.75) is 13.5 Å². The first-order valence-electron chi connectivity index (χ1n) is 10.3. The van der Waals surface area contributed by atoms with E-state index in [1.165, 1.54) is 6.21 Å². The highest BCUT2D eigenvalue weighted by Gasteiger charge is 2.26. The molecule has 16 heteroatoms. The summed E-state index contributed by atoms with van der Waals surface area (Å²) in [6, 6.07) is 3.22. The molecular formula is C19H23BrClN9O5. The van der Waals surface area contributed by atoms with Crippen LogP contribution in [0.1, 0.15) is 28.7 Å². The number of halogens is 2. The second-order valence-corrected chi connectivity index (χ2v) is 7.99. The molecule has 14 nitrogen and oxygen atoms in total. The van der Waals surface area contributed by atoms with Crippen LogP contribution in [0.2, 0.25) is 0 Å². The minimum Gasteiger partial charge on any atom is -0.503 e. The molecule has 1 amide bonds. The van der Waals surface area contributed by atoms with Crippen molar-refractivity contribution in [3.63, 3.8) is 0 Å². The number of amides is 1. The topological polar surface area (TPSA) is 179 Å². The van der Waals surface area contributed by atoms with Gasteiger partial charge in [-0.05, 0) is 50.9 Å². The minimum absolute atomic E-state index is 0. The molecule has 1 fully saturated rings. The van der Waals surface area contributed by atoms with Crippen molar-refractivity contribution in [1.82, 2.24) is 35.6 Å². The molecule has 1 aromatic carbocycles. The molecule has 0 spiro atoms. The Morgan fingerprint density at radius 1 is 1.37 bits per heavy atom. The second-order valence-electron chi connectivity index (χ2n) is 7.14. The van der Waals surface area contributed by atoms with E-state index in [-0.39, 0.29) is 41.2 Å². The van der Waals surface area contributed by atoms with Crippen LogP contribution in [0.15, 0.2) is 26.3 Å². The molecule has 3 aromatic rings. The van der Waals surface area contributed by atoms with E-state index < -0.39 is 5.91 Å². The van der Waals surface area contributed by atoms with Crippen LogP contribution in [-0.4, -0.2) is 80.3 Å². The van der Waals surface area contributed by atoms with E-state index in [2.05, 4.69) is 56.6 Å². The van der Waals surface area contributed by atoms with Gasteiger partial charge in [0.05, 0.1) is 30.5 Å². The Morgan fingerprint density at radius 2 is 2.14 bits per heavy atom. The van der Waals surface area contributed by atoms with Gasteiger partial charge in [0.15, 0.2) is 17.2 Å². The molecule has 2 aromatic heterocycles. The Labute approximate surface area is 213 Å². The van der Waals surface area contributed by atoms with Crippen LogP contribution in [0.25, 0.3) is 5.82 Å². The largest absolute Gasteiger partial charge is 0.503 e. The highest BCUT2D eigenvalue weighted by molar-refractivity contribution is 9.10. The van der Waals surface area contributed by atoms with Gasteiger partial charge in [0.25, 0.3) is 5.91 Å². The number of nitrogens with zero attached hydrogens (tertiary/aromatic N) is 7. The zero-order valence-electron chi connectivity index (χ0n) is 18.5. The second kappa shape index (κ2) is 11.9. The zero-order chi connectivity index (χ0) is 24.1. The van der Waals surface area contributed by atoms with Crippen molar-refractivity contribution in [1.29, 1.82) is 0 Å². The lowest BCUT2D eigenvalue weighted by Gasteiger charge is -2.25. The van der Waals surface area contributed by atoms with Gasteiger partial charge in [-0.15, -0.1) is 17.5 Å². The SMILES string of the molecule is CCOc1cc(/C=N/NC(=O)c2c(CN3CCOCC3)nnn2-c2nonc2N)cc(Br)c1O.Cl. The Morgan fingerprint density at radius 3 is 2.83 bits per heavy atom. The van der Waals surface area contributed by atoms with Gasteiger partial charge in [-0.2, -0.15) is 9.78 Å². The van der Waals surface area contributed by atoms with Crippen LogP contribution in [0.5, 0.6) is 11.5 Å². The van der Waals surface area contributed by atoms with Crippen LogP contribution >= 0.6 is 28.3 Å². The molecule has 0 saturated carbocycles. The Bertz CT molecular complexity index is 1200. The Kier molecular flexibility index (Phi) is 8.97. The molecule has 4 N–H and O–H groups in total. The summed E-state index contributed by atoms with van der Waals surface area (Å²) in [5.41, 5.74) is 9.34. The fraction of sp³-hybridized carbons (Fsp3) is 0.368. The van der Waals surface area contributed by atoms with E-state index in [1.807, 2.05) is 0 Å². The van der Waals surface area contributed by atoms with Gasteiger partial charge in [-0.25, -0.2) is 10.1 Å². The number of phenols is 1. The predicted molar refractivity (Wildman–Crippen MR) is 129 cm³/mol. The first kappa shape index (κ1) is 26.3. The molecule has 0 atom stereocenters. The van der Waals surface area contributed by atoms with Gasteiger partial charge in [-0.3, -0.25) is 9.69 Å². The molecule has 1 aliphatic heterocycles. The number of rotatable bonds is 8. The fourth-order valence-corrected chi connectivity index (χ4v) is 3.72. The van der Waals surface area contributed by atoms with Crippen molar-refractivity contribution in [2.75, 3.05) is 38.6 Å². The number of ether oxygens (including phenoxy) is 2. The van der Waals surface area contributed by atoms with Gasteiger partial charge in [0.1, 0.15) is 5.69 Å². The molecule has 0 aliphatic carbocycles. The summed E-state index contributed by atoms with van der Waals surface area (Å²) < 4.78 is 17.0.